The molecule has 0 radical (unpaired) electrons. The second-order valence-electron chi connectivity index (χ2n) is 7.45. The second kappa shape index (κ2) is 7.90. The minimum Gasteiger partial charge on any atom is -0.497 e. The predicted octanol–water partition coefficient (Wildman–Crippen LogP) is 3.10. The summed E-state index contributed by atoms with van der Waals surface area (Å²) in [5.74, 6) is 2.38. The summed E-state index contributed by atoms with van der Waals surface area (Å²) in [6.45, 7) is 7.57. The summed E-state index contributed by atoms with van der Waals surface area (Å²) in [6.07, 6.45) is 4.22. The smallest absolute Gasteiger partial charge is 0.127 e. The van der Waals surface area contributed by atoms with Crippen molar-refractivity contribution in [3.63, 3.8) is 0 Å². The van der Waals surface area contributed by atoms with Crippen molar-refractivity contribution in [3.8, 4) is 11.5 Å². The highest BCUT2D eigenvalue weighted by Gasteiger charge is 2.32. The van der Waals surface area contributed by atoms with Crippen LogP contribution in [0.4, 0.5) is 0 Å². The first-order chi connectivity index (χ1) is 13.2. The van der Waals surface area contributed by atoms with Gasteiger partial charge in [0.1, 0.15) is 23.7 Å². The molecule has 4 rings (SSSR count). The number of aromatic nitrogens is 2. The Hall–Kier alpha value is -2.05. The molecule has 0 bridgehead atoms. The Bertz CT molecular complexity index is 789. The molecule has 1 fully saturated rings. The lowest BCUT2D eigenvalue weighted by molar-refractivity contribution is 0.0830. The summed E-state index contributed by atoms with van der Waals surface area (Å²) in [4.78, 5) is 0. The summed E-state index contributed by atoms with van der Waals surface area (Å²) >= 11 is 0. The standard InChI is InChI=1S/C21H29N3O3/c1-4-24-19(5-7-23-24)21-15(6-8-26-21)12-22-13-17-11-18(25-3)10-16-9-14(2)27-20(16)17/h5,7,10-11,14-15,21-22H,4,6,8-9,12-13H2,1-3H3/t14-,15+,21-/m1/s1. The molecule has 1 aromatic heterocycles. The lowest BCUT2D eigenvalue weighted by Gasteiger charge is -2.20. The van der Waals surface area contributed by atoms with E-state index in [2.05, 4.69) is 42.5 Å². The third-order valence-electron chi connectivity index (χ3n) is 5.56. The Morgan fingerprint density at radius 2 is 2.26 bits per heavy atom. The molecule has 6 nitrogen and oxygen atoms in total. The minimum atomic E-state index is 0.118. The molecule has 1 saturated heterocycles. The SMILES string of the molecule is CCn1nccc1[C@@H]1OCC[C@H]1CNCc1cc(OC)cc2c1O[C@H](C)C2. The molecule has 0 saturated carbocycles. The van der Waals surface area contributed by atoms with Crippen molar-refractivity contribution in [1.82, 2.24) is 15.1 Å². The van der Waals surface area contributed by atoms with E-state index in [0.717, 1.165) is 50.6 Å². The van der Waals surface area contributed by atoms with Crippen molar-refractivity contribution >= 4 is 0 Å². The molecule has 3 atom stereocenters. The predicted molar refractivity (Wildman–Crippen MR) is 103 cm³/mol. The van der Waals surface area contributed by atoms with Crippen molar-refractivity contribution in [2.45, 2.75) is 52.0 Å². The maximum absolute atomic E-state index is 6.04. The van der Waals surface area contributed by atoms with Crippen molar-refractivity contribution in [1.29, 1.82) is 0 Å². The lowest BCUT2D eigenvalue weighted by Crippen LogP contribution is -2.26. The topological polar surface area (TPSA) is 57.5 Å². The van der Waals surface area contributed by atoms with Gasteiger partial charge >= 0.3 is 0 Å². The van der Waals surface area contributed by atoms with Crippen molar-refractivity contribution in [3.05, 3.63) is 41.2 Å². The fourth-order valence-electron chi connectivity index (χ4n) is 4.24. The Morgan fingerprint density at radius 1 is 1.37 bits per heavy atom. The molecule has 2 aromatic rings. The molecule has 6 heteroatoms. The molecule has 2 aliphatic heterocycles. The quantitative estimate of drug-likeness (QED) is 0.810. The van der Waals surface area contributed by atoms with Crippen LogP contribution in [0.2, 0.25) is 0 Å². The van der Waals surface area contributed by atoms with Gasteiger partial charge in [0.15, 0.2) is 0 Å². The van der Waals surface area contributed by atoms with Gasteiger partial charge in [-0.2, -0.15) is 5.10 Å². The number of ether oxygens (including phenoxy) is 3. The third kappa shape index (κ3) is 3.69. The van der Waals surface area contributed by atoms with E-state index in [1.54, 1.807) is 7.11 Å². The molecule has 0 amide bonds. The van der Waals surface area contributed by atoms with Crippen LogP contribution in [0.1, 0.15) is 43.2 Å². The van der Waals surface area contributed by atoms with Gasteiger partial charge in [0.25, 0.3) is 0 Å². The van der Waals surface area contributed by atoms with Crippen LogP contribution in [0.25, 0.3) is 0 Å². The van der Waals surface area contributed by atoms with Gasteiger partial charge < -0.3 is 19.5 Å². The Labute approximate surface area is 160 Å². The highest BCUT2D eigenvalue weighted by atomic mass is 16.5. The van der Waals surface area contributed by atoms with Gasteiger partial charge in [-0.25, -0.2) is 0 Å². The molecule has 27 heavy (non-hydrogen) atoms. The Balaban J connectivity index is 1.42. The number of hydrogen-bond donors (Lipinski definition) is 1. The minimum absolute atomic E-state index is 0.118. The first kappa shape index (κ1) is 18.3. The first-order valence-electron chi connectivity index (χ1n) is 9.90. The first-order valence-corrected chi connectivity index (χ1v) is 9.90. The van der Waals surface area contributed by atoms with Crippen molar-refractivity contribution in [2.24, 2.45) is 5.92 Å². The number of aryl methyl sites for hydroxylation is 1. The van der Waals surface area contributed by atoms with Gasteiger partial charge in [0.05, 0.1) is 12.8 Å². The zero-order chi connectivity index (χ0) is 18.8. The molecule has 3 heterocycles. The van der Waals surface area contributed by atoms with Crippen molar-refractivity contribution in [2.75, 3.05) is 20.3 Å². The second-order valence-corrected chi connectivity index (χ2v) is 7.45. The summed E-state index contributed by atoms with van der Waals surface area (Å²) < 4.78 is 19.6. The van der Waals surface area contributed by atoms with E-state index in [1.165, 1.54) is 16.8 Å². The molecule has 1 N–H and O–H groups in total. The summed E-state index contributed by atoms with van der Waals surface area (Å²) in [6, 6.07) is 6.25. The normalized spacial score (nSPS) is 24.0. The van der Waals surface area contributed by atoms with E-state index in [1.807, 2.05) is 10.9 Å². The van der Waals surface area contributed by atoms with Gasteiger partial charge in [-0.3, -0.25) is 4.68 Å². The van der Waals surface area contributed by atoms with Crippen LogP contribution in [0.3, 0.4) is 0 Å². The van der Waals surface area contributed by atoms with Crippen LogP contribution in [-0.4, -0.2) is 36.1 Å². The van der Waals surface area contributed by atoms with Gasteiger partial charge in [-0.05, 0) is 38.5 Å². The van der Waals surface area contributed by atoms with E-state index in [0.29, 0.717) is 5.92 Å². The fraction of sp³-hybridized carbons (Fsp3) is 0.571. The van der Waals surface area contributed by atoms with E-state index in [9.17, 15) is 0 Å². The molecule has 2 aliphatic rings. The number of nitrogens with one attached hydrogen (secondary N) is 1. The molecule has 0 spiro atoms. The van der Waals surface area contributed by atoms with Gasteiger partial charge in [-0.15, -0.1) is 0 Å². The zero-order valence-electron chi connectivity index (χ0n) is 16.4. The average molecular weight is 371 g/mol. The molecule has 146 valence electrons. The number of fused-ring (bicyclic) bond motifs is 1. The largest absolute Gasteiger partial charge is 0.497 e. The molecular weight excluding hydrogens is 342 g/mol. The molecule has 1 aromatic carbocycles. The average Bonchev–Trinajstić information content (AvgIpc) is 3.39. The highest BCUT2D eigenvalue weighted by Crippen LogP contribution is 2.37. The molecular formula is C21H29N3O3. The van der Waals surface area contributed by atoms with Gasteiger partial charge in [-0.1, -0.05) is 0 Å². The van der Waals surface area contributed by atoms with Crippen LogP contribution in [0.15, 0.2) is 24.4 Å². The highest BCUT2D eigenvalue weighted by molar-refractivity contribution is 5.49. The molecule has 0 unspecified atom stereocenters. The monoisotopic (exact) mass is 371 g/mol. The van der Waals surface area contributed by atoms with E-state index in [-0.39, 0.29) is 12.2 Å². The molecule has 0 aliphatic carbocycles. The Morgan fingerprint density at radius 3 is 3.07 bits per heavy atom. The van der Waals surface area contributed by atoms with Crippen LogP contribution >= 0.6 is 0 Å². The maximum atomic E-state index is 6.04. The number of methoxy groups -OCH3 is 1. The summed E-state index contributed by atoms with van der Waals surface area (Å²) in [7, 11) is 1.72. The van der Waals surface area contributed by atoms with E-state index < -0.39 is 0 Å². The number of rotatable bonds is 7. The number of hydrogen-bond acceptors (Lipinski definition) is 5. The Kier molecular flexibility index (Phi) is 5.36. The van der Waals surface area contributed by atoms with Gasteiger partial charge in [0.2, 0.25) is 0 Å². The zero-order valence-corrected chi connectivity index (χ0v) is 16.4. The van der Waals surface area contributed by atoms with Crippen LogP contribution in [0, 0.1) is 5.92 Å². The van der Waals surface area contributed by atoms with Crippen LogP contribution in [0.5, 0.6) is 11.5 Å². The maximum Gasteiger partial charge on any atom is 0.127 e. The van der Waals surface area contributed by atoms with Gasteiger partial charge in [0, 0.05) is 55.9 Å². The number of nitrogens with zero attached hydrogens (tertiary/aromatic N) is 2. The van der Waals surface area contributed by atoms with Crippen LogP contribution in [-0.2, 0) is 24.2 Å². The summed E-state index contributed by atoms with van der Waals surface area (Å²) in [5.41, 5.74) is 3.59. The fourth-order valence-corrected chi connectivity index (χ4v) is 4.24. The number of benzene rings is 1. The third-order valence-corrected chi connectivity index (χ3v) is 5.56. The summed E-state index contributed by atoms with van der Waals surface area (Å²) in [5, 5.41) is 8.02. The van der Waals surface area contributed by atoms with E-state index >= 15 is 0 Å². The lowest BCUT2D eigenvalue weighted by atomic mass is 9.98. The van der Waals surface area contributed by atoms with Crippen LogP contribution < -0.4 is 14.8 Å². The van der Waals surface area contributed by atoms with E-state index in [4.69, 9.17) is 14.2 Å². The van der Waals surface area contributed by atoms with Crippen molar-refractivity contribution < 1.29 is 14.2 Å².